The van der Waals surface area contributed by atoms with Crippen molar-refractivity contribution in [2.45, 2.75) is 39.9 Å². The second-order valence-electron chi connectivity index (χ2n) is 14.5. The van der Waals surface area contributed by atoms with Crippen molar-refractivity contribution in [1.29, 1.82) is 0 Å². The van der Waals surface area contributed by atoms with E-state index in [9.17, 15) is 0 Å². The van der Waals surface area contributed by atoms with Crippen LogP contribution < -0.4 is 5.19 Å². The van der Waals surface area contributed by atoms with Crippen LogP contribution >= 0.6 is 11.3 Å². The quantitative estimate of drug-likeness (QED) is 0.0977. The molecule has 0 N–H and O–H groups in total. The fraction of sp³-hybridized carbons (Fsp3) is 0.125. The minimum atomic E-state index is -2.02. The third-order valence-corrected chi connectivity index (χ3v) is 12.9. The zero-order valence-corrected chi connectivity index (χ0v) is 34.9. The Balaban J connectivity index is 0.000000238. The SMILES string of the molecule is C[Si](C)(C)c1ccc(-c2[c-]cccc2)nc1.[2H]C([2H])(c1cccc(C)c1)c1cc(-c2[c-]ccc3c2sc2c3ccc3c4ccc(C)cc4ccc32)ncc1F.[Ir]. The molecule has 0 saturated carbocycles. The number of nitrogens with zero attached hydrogens (tertiary/aromatic N) is 2. The molecule has 0 aliphatic heterocycles. The number of pyridine rings is 2. The Labute approximate surface area is 337 Å². The van der Waals surface area contributed by atoms with Crippen LogP contribution in [0.25, 0.3) is 64.2 Å². The van der Waals surface area contributed by atoms with Crippen molar-refractivity contribution >= 4 is 66.3 Å². The van der Waals surface area contributed by atoms with Gasteiger partial charge in [-0.25, -0.2) is 4.39 Å². The van der Waals surface area contributed by atoms with E-state index in [0.717, 1.165) is 44.1 Å². The zero-order valence-electron chi connectivity index (χ0n) is 32.7. The Morgan fingerprint density at radius 3 is 2.17 bits per heavy atom. The van der Waals surface area contributed by atoms with Gasteiger partial charge in [0.1, 0.15) is 5.82 Å². The van der Waals surface area contributed by atoms with E-state index in [0.29, 0.717) is 11.3 Å². The summed E-state index contributed by atoms with van der Waals surface area (Å²) in [5.41, 5.74) is 5.86. The Morgan fingerprint density at radius 2 is 1.41 bits per heavy atom. The molecule has 9 aromatic rings. The smallest absolute Gasteiger partial charge is 0.143 e. The molecule has 3 heterocycles. The van der Waals surface area contributed by atoms with Gasteiger partial charge in [0.15, 0.2) is 0 Å². The first-order valence-electron chi connectivity index (χ1n) is 18.7. The van der Waals surface area contributed by atoms with Crippen LogP contribution in [-0.4, -0.2) is 18.0 Å². The number of thiophene rings is 1. The van der Waals surface area contributed by atoms with Gasteiger partial charge in [-0.15, -0.1) is 59.7 Å². The van der Waals surface area contributed by atoms with Crippen molar-refractivity contribution in [3.8, 4) is 22.5 Å². The zero-order chi connectivity index (χ0) is 38.5. The molecular formula is C48H39FIrN2SSi-2. The van der Waals surface area contributed by atoms with E-state index < -0.39 is 20.3 Å². The summed E-state index contributed by atoms with van der Waals surface area (Å²) in [6, 6.07) is 46.7. The molecule has 6 aromatic carbocycles. The molecule has 0 aliphatic carbocycles. The summed E-state index contributed by atoms with van der Waals surface area (Å²) in [6.45, 7) is 11.0. The molecule has 0 aliphatic rings. The van der Waals surface area contributed by atoms with E-state index >= 15 is 4.39 Å². The number of fused-ring (bicyclic) bond motifs is 7. The van der Waals surface area contributed by atoms with Crippen molar-refractivity contribution in [3.05, 3.63) is 174 Å². The van der Waals surface area contributed by atoms with Crippen molar-refractivity contribution in [3.63, 3.8) is 0 Å². The maximum absolute atomic E-state index is 15.1. The summed E-state index contributed by atoms with van der Waals surface area (Å²) in [5, 5.41) is 8.50. The predicted molar refractivity (Wildman–Crippen MR) is 227 cm³/mol. The molecule has 2 nitrogen and oxygen atoms in total. The number of hydrogen-bond donors (Lipinski definition) is 0. The fourth-order valence-electron chi connectivity index (χ4n) is 6.75. The molecular weight excluding hydrogens is 876 g/mol. The molecule has 6 heteroatoms. The number of aryl methyl sites for hydroxylation is 2. The van der Waals surface area contributed by atoms with E-state index in [1.807, 2.05) is 49.5 Å². The topological polar surface area (TPSA) is 25.8 Å². The minimum absolute atomic E-state index is 0. The van der Waals surface area contributed by atoms with Gasteiger partial charge in [-0.3, -0.25) is 0 Å². The predicted octanol–water partition coefficient (Wildman–Crippen LogP) is 12.7. The van der Waals surface area contributed by atoms with Crippen molar-refractivity contribution in [1.82, 2.24) is 9.97 Å². The first kappa shape index (κ1) is 34.9. The monoisotopic (exact) mass is 917 g/mol. The molecule has 1 radical (unpaired) electrons. The van der Waals surface area contributed by atoms with Gasteiger partial charge >= 0.3 is 0 Å². The summed E-state index contributed by atoms with van der Waals surface area (Å²) >= 11 is 1.68. The van der Waals surface area contributed by atoms with Gasteiger partial charge in [-0.1, -0.05) is 121 Å². The number of hydrogen-bond acceptors (Lipinski definition) is 3. The van der Waals surface area contributed by atoms with Crippen LogP contribution in [0.1, 0.15) is 25.0 Å². The molecule has 0 amide bonds. The standard InChI is InChI=1S/C34H23FNS.C14H16NSi.Ir/c1-20-5-3-6-22(15-20)17-24-18-32(36-19-31(24)35)30-8-4-7-27-29-14-13-26-25-11-9-21(2)16-23(25)10-12-28(26)33(29)37-34(27)30;1-16(2,3)13-9-10-14(15-11-13)12-7-5-4-6-8-12;/h3-7,9-16,18-19H,17H2,1-2H3;4-7,9-11H,1-3H3;/q2*-1;/i17D2;;. The van der Waals surface area contributed by atoms with Crippen LogP contribution in [0, 0.1) is 31.8 Å². The van der Waals surface area contributed by atoms with Crippen LogP contribution in [0.15, 0.2) is 134 Å². The first-order chi connectivity index (χ1) is 26.4. The minimum Gasteiger partial charge on any atom is -0.305 e. The maximum atomic E-state index is 15.1. The molecule has 0 spiro atoms. The molecule has 0 fully saturated rings. The molecule has 54 heavy (non-hydrogen) atoms. The van der Waals surface area contributed by atoms with Crippen LogP contribution in [0.3, 0.4) is 0 Å². The van der Waals surface area contributed by atoms with Gasteiger partial charge in [-0.2, -0.15) is 11.3 Å². The maximum Gasteiger partial charge on any atom is 0.143 e. The van der Waals surface area contributed by atoms with E-state index in [1.54, 1.807) is 35.6 Å². The molecule has 0 atom stereocenters. The Morgan fingerprint density at radius 1 is 0.667 bits per heavy atom. The van der Waals surface area contributed by atoms with Crippen LogP contribution in [0.4, 0.5) is 4.39 Å². The fourth-order valence-corrected chi connectivity index (χ4v) is 9.12. The van der Waals surface area contributed by atoms with Gasteiger partial charge in [0.05, 0.1) is 14.3 Å². The molecule has 269 valence electrons. The van der Waals surface area contributed by atoms with Crippen molar-refractivity contribution in [2.24, 2.45) is 0 Å². The Kier molecular flexibility index (Phi) is 10.0. The summed E-state index contributed by atoms with van der Waals surface area (Å²) < 4.78 is 34.9. The third kappa shape index (κ3) is 7.58. The molecule has 0 saturated heterocycles. The summed E-state index contributed by atoms with van der Waals surface area (Å²) in [7, 11) is -1.23. The van der Waals surface area contributed by atoms with E-state index in [4.69, 9.17) is 2.74 Å². The first-order valence-corrected chi connectivity index (χ1v) is 22.1. The molecule has 0 unspecified atom stereocenters. The number of aromatic nitrogens is 2. The van der Waals surface area contributed by atoms with Gasteiger partial charge < -0.3 is 9.97 Å². The molecule has 3 aromatic heterocycles. The number of halogens is 1. The van der Waals surface area contributed by atoms with Crippen molar-refractivity contribution in [2.75, 3.05) is 0 Å². The summed E-state index contributed by atoms with van der Waals surface area (Å²) in [5.74, 6) is -0.665. The van der Waals surface area contributed by atoms with Gasteiger partial charge in [-0.05, 0) is 79.6 Å². The van der Waals surface area contributed by atoms with Crippen LogP contribution in [0.2, 0.25) is 19.6 Å². The number of rotatable bonds is 5. The van der Waals surface area contributed by atoms with Crippen molar-refractivity contribution < 1.29 is 27.2 Å². The van der Waals surface area contributed by atoms with Gasteiger partial charge in [0.25, 0.3) is 0 Å². The van der Waals surface area contributed by atoms with E-state index in [1.165, 1.54) is 37.0 Å². The second kappa shape index (κ2) is 15.5. The van der Waals surface area contributed by atoms with Gasteiger partial charge in [0.2, 0.25) is 0 Å². The van der Waals surface area contributed by atoms with Gasteiger partial charge in [0, 0.05) is 33.7 Å². The molecule has 0 bridgehead atoms. The summed E-state index contributed by atoms with van der Waals surface area (Å²) in [4.78, 5) is 8.92. The average Bonchev–Trinajstić information content (AvgIpc) is 3.58. The third-order valence-electron chi connectivity index (χ3n) is 9.59. The molecule has 9 rings (SSSR count). The Hall–Kier alpha value is -4.84. The van der Waals surface area contributed by atoms with Crippen LogP contribution in [-0.2, 0) is 26.5 Å². The average molecular weight is 917 g/mol. The summed E-state index contributed by atoms with van der Waals surface area (Å²) in [6.07, 6.45) is 1.13. The van der Waals surface area contributed by atoms with E-state index in [-0.39, 0.29) is 25.7 Å². The van der Waals surface area contributed by atoms with E-state index in [2.05, 4.69) is 109 Å². The largest absolute Gasteiger partial charge is 0.305 e. The number of benzene rings is 6. The Bertz CT molecular complexity index is 2870. The van der Waals surface area contributed by atoms with Crippen LogP contribution in [0.5, 0.6) is 0 Å². The second-order valence-corrected chi connectivity index (χ2v) is 20.6. The normalized spacial score (nSPS) is 12.3.